The SMILES string of the molecule is C=C(NC(Cc1ccc(C#N)cc1)C(=C)C)C(N)CCC. The van der Waals surface area contributed by atoms with Crippen LogP contribution in [-0.2, 0) is 6.42 Å². The van der Waals surface area contributed by atoms with Gasteiger partial charge in [-0.15, -0.1) is 0 Å². The molecule has 0 aromatic heterocycles. The van der Waals surface area contributed by atoms with Gasteiger partial charge in [0.05, 0.1) is 17.7 Å². The normalized spacial score (nSPS) is 13.0. The van der Waals surface area contributed by atoms with Crippen LogP contribution >= 0.6 is 0 Å². The number of nitrogens with two attached hydrogens (primary N) is 1. The standard InChI is InChI=1S/C18H25N3/c1-5-6-17(20)14(4)21-18(13(2)3)11-15-7-9-16(12-19)10-8-15/h7-10,17-18,21H,2,4-6,11,20H2,1,3H3. The third-order valence-corrected chi connectivity index (χ3v) is 3.52. The quantitative estimate of drug-likeness (QED) is 0.720. The number of hydrogen-bond acceptors (Lipinski definition) is 3. The summed E-state index contributed by atoms with van der Waals surface area (Å²) in [6.45, 7) is 12.2. The molecule has 1 aromatic rings. The molecule has 1 rings (SSSR count). The molecule has 3 N–H and O–H groups in total. The monoisotopic (exact) mass is 283 g/mol. The van der Waals surface area contributed by atoms with Crippen LogP contribution < -0.4 is 11.1 Å². The Balaban J connectivity index is 2.71. The maximum Gasteiger partial charge on any atom is 0.0991 e. The zero-order valence-corrected chi connectivity index (χ0v) is 13.0. The summed E-state index contributed by atoms with van der Waals surface area (Å²) in [6, 6.07) is 9.83. The summed E-state index contributed by atoms with van der Waals surface area (Å²) in [6.07, 6.45) is 2.76. The van der Waals surface area contributed by atoms with Gasteiger partial charge in [-0.25, -0.2) is 0 Å². The van der Waals surface area contributed by atoms with Crippen molar-refractivity contribution in [1.82, 2.24) is 5.32 Å². The Labute approximate surface area is 128 Å². The van der Waals surface area contributed by atoms with E-state index in [4.69, 9.17) is 11.0 Å². The highest BCUT2D eigenvalue weighted by Gasteiger charge is 2.14. The van der Waals surface area contributed by atoms with Crippen molar-refractivity contribution in [1.29, 1.82) is 5.26 Å². The van der Waals surface area contributed by atoms with Crippen molar-refractivity contribution in [2.75, 3.05) is 0 Å². The number of nitrogens with one attached hydrogen (secondary N) is 1. The second-order valence-corrected chi connectivity index (χ2v) is 5.48. The predicted octanol–water partition coefficient (Wildman–Crippen LogP) is 3.28. The van der Waals surface area contributed by atoms with Gasteiger partial charge < -0.3 is 11.1 Å². The van der Waals surface area contributed by atoms with Crippen LogP contribution in [0.25, 0.3) is 0 Å². The lowest BCUT2D eigenvalue weighted by Gasteiger charge is -2.25. The van der Waals surface area contributed by atoms with Crippen LogP contribution in [0.15, 0.2) is 48.7 Å². The molecule has 0 radical (unpaired) electrons. The van der Waals surface area contributed by atoms with Crippen LogP contribution in [0, 0.1) is 11.3 Å². The smallest absolute Gasteiger partial charge is 0.0991 e. The molecule has 21 heavy (non-hydrogen) atoms. The third kappa shape index (κ3) is 5.45. The van der Waals surface area contributed by atoms with Crippen LogP contribution in [0.4, 0.5) is 0 Å². The zero-order chi connectivity index (χ0) is 15.8. The van der Waals surface area contributed by atoms with E-state index in [0.717, 1.165) is 36.1 Å². The molecule has 0 aliphatic heterocycles. The predicted molar refractivity (Wildman–Crippen MR) is 88.6 cm³/mol. The summed E-state index contributed by atoms with van der Waals surface area (Å²) in [5.41, 5.74) is 9.82. The topological polar surface area (TPSA) is 61.8 Å². The number of rotatable bonds is 8. The van der Waals surface area contributed by atoms with Gasteiger partial charge in [-0.05, 0) is 37.5 Å². The molecule has 2 unspecified atom stereocenters. The molecule has 2 atom stereocenters. The van der Waals surface area contributed by atoms with Gasteiger partial charge in [0.15, 0.2) is 0 Å². The minimum absolute atomic E-state index is 0.0298. The minimum atomic E-state index is -0.0298. The van der Waals surface area contributed by atoms with E-state index in [9.17, 15) is 0 Å². The Bertz CT molecular complexity index is 522. The van der Waals surface area contributed by atoms with Crippen molar-refractivity contribution in [3.05, 3.63) is 59.8 Å². The summed E-state index contributed by atoms with van der Waals surface area (Å²) in [5.74, 6) is 0. The van der Waals surface area contributed by atoms with Crippen molar-refractivity contribution >= 4 is 0 Å². The molecule has 0 heterocycles. The van der Waals surface area contributed by atoms with E-state index < -0.39 is 0 Å². The summed E-state index contributed by atoms with van der Waals surface area (Å²) >= 11 is 0. The van der Waals surface area contributed by atoms with Crippen molar-refractivity contribution < 1.29 is 0 Å². The summed E-state index contributed by atoms with van der Waals surface area (Å²) in [4.78, 5) is 0. The molecule has 0 aliphatic carbocycles. The lowest BCUT2D eigenvalue weighted by atomic mass is 9.99. The Hall–Kier alpha value is -2.05. The molecule has 112 valence electrons. The number of nitriles is 1. The molecule has 3 nitrogen and oxygen atoms in total. The van der Waals surface area contributed by atoms with E-state index in [1.165, 1.54) is 0 Å². The summed E-state index contributed by atoms with van der Waals surface area (Å²) in [5, 5.41) is 12.2. The largest absolute Gasteiger partial charge is 0.381 e. The third-order valence-electron chi connectivity index (χ3n) is 3.52. The summed E-state index contributed by atoms with van der Waals surface area (Å²) < 4.78 is 0. The molecular weight excluding hydrogens is 258 g/mol. The Morgan fingerprint density at radius 2 is 1.95 bits per heavy atom. The van der Waals surface area contributed by atoms with E-state index in [1.807, 2.05) is 31.2 Å². The highest BCUT2D eigenvalue weighted by molar-refractivity contribution is 5.32. The maximum atomic E-state index is 8.83. The number of nitrogens with zero attached hydrogens (tertiary/aromatic N) is 1. The fourth-order valence-electron chi connectivity index (χ4n) is 2.12. The second-order valence-electron chi connectivity index (χ2n) is 5.48. The first-order chi connectivity index (χ1) is 9.97. The highest BCUT2D eigenvalue weighted by Crippen LogP contribution is 2.13. The van der Waals surface area contributed by atoms with Gasteiger partial charge in [-0.1, -0.05) is 44.2 Å². The molecule has 0 amide bonds. The number of hydrogen-bond donors (Lipinski definition) is 2. The molecule has 0 spiro atoms. The fourth-order valence-corrected chi connectivity index (χ4v) is 2.12. The van der Waals surface area contributed by atoms with Crippen LogP contribution in [0.2, 0.25) is 0 Å². The molecule has 0 saturated heterocycles. The van der Waals surface area contributed by atoms with Crippen molar-refractivity contribution in [3.63, 3.8) is 0 Å². The van der Waals surface area contributed by atoms with E-state index in [2.05, 4.69) is 31.5 Å². The lowest BCUT2D eigenvalue weighted by molar-refractivity contribution is 0.563. The Kier molecular flexibility index (Phi) is 6.71. The lowest BCUT2D eigenvalue weighted by Crippen LogP contribution is -2.38. The molecule has 3 heteroatoms. The Morgan fingerprint density at radius 3 is 2.43 bits per heavy atom. The Morgan fingerprint density at radius 1 is 1.33 bits per heavy atom. The van der Waals surface area contributed by atoms with E-state index in [0.29, 0.717) is 5.56 Å². The van der Waals surface area contributed by atoms with Gasteiger partial charge in [0.1, 0.15) is 0 Å². The van der Waals surface area contributed by atoms with E-state index in [1.54, 1.807) is 0 Å². The summed E-state index contributed by atoms with van der Waals surface area (Å²) in [7, 11) is 0. The van der Waals surface area contributed by atoms with Crippen molar-refractivity contribution in [2.45, 2.75) is 45.2 Å². The zero-order valence-electron chi connectivity index (χ0n) is 13.0. The van der Waals surface area contributed by atoms with Crippen molar-refractivity contribution in [2.24, 2.45) is 5.73 Å². The first-order valence-corrected chi connectivity index (χ1v) is 7.33. The van der Waals surface area contributed by atoms with Gasteiger partial charge >= 0.3 is 0 Å². The molecule has 0 bridgehead atoms. The first kappa shape index (κ1) is 17.0. The fraction of sp³-hybridized carbons (Fsp3) is 0.389. The van der Waals surface area contributed by atoms with Crippen LogP contribution in [0.1, 0.15) is 37.8 Å². The molecule has 0 saturated carbocycles. The van der Waals surface area contributed by atoms with Crippen LogP contribution in [0.5, 0.6) is 0 Å². The molecular formula is C18H25N3. The van der Waals surface area contributed by atoms with E-state index in [-0.39, 0.29) is 12.1 Å². The molecule has 1 aromatic carbocycles. The second kappa shape index (κ2) is 8.28. The average Bonchev–Trinajstić information content (AvgIpc) is 2.47. The molecule has 0 fully saturated rings. The van der Waals surface area contributed by atoms with Gasteiger partial charge in [0.25, 0.3) is 0 Å². The first-order valence-electron chi connectivity index (χ1n) is 7.33. The molecule has 0 aliphatic rings. The van der Waals surface area contributed by atoms with Crippen LogP contribution in [-0.4, -0.2) is 12.1 Å². The minimum Gasteiger partial charge on any atom is -0.381 e. The average molecular weight is 283 g/mol. The highest BCUT2D eigenvalue weighted by atomic mass is 15.0. The van der Waals surface area contributed by atoms with Crippen molar-refractivity contribution in [3.8, 4) is 6.07 Å². The van der Waals surface area contributed by atoms with Gasteiger partial charge in [0.2, 0.25) is 0 Å². The van der Waals surface area contributed by atoms with E-state index >= 15 is 0 Å². The van der Waals surface area contributed by atoms with Crippen LogP contribution in [0.3, 0.4) is 0 Å². The van der Waals surface area contributed by atoms with Gasteiger partial charge in [-0.2, -0.15) is 5.26 Å². The number of benzene rings is 1. The maximum absolute atomic E-state index is 8.83. The van der Waals surface area contributed by atoms with Gasteiger partial charge in [0, 0.05) is 11.7 Å². The van der Waals surface area contributed by atoms with Gasteiger partial charge in [-0.3, -0.25) is 0 Å².